The Morgan fingerprint density at radius 2 is 1.83 bits per heavy atom. The summed E-state index contributed by atoms with van der Waals surface area (Å²) in [5, 5.41) is 18.0. The molecule has 2 N–H and O–H groups in total. The van der Waals surface area contributed by atoms with Crippen LogP contribution in [0.3, 0.4) is 0 Å². The maximum Gasteiger partial charge on any atom is 0.281 e. The van der Waals surface area contributed by atoms with E-state index >= 15 is 0 Å². The van der Waals surface area contributed by atoms with E-state index in [2.05, 4.69) is 25.9 Å². The molecule has 4 aromatic rings. The zero-order valence-electron chi connectivity index (χ0n) is 19.2. The molecule has 2 heterocycles. The van der Waals surface area contributed by atoms with Gasteiger partial charge in [0.1, 0.15) is 11.6 Å². The van der Waals surface area contributed by atoms with E-state index in [4.69, 9.17) is 9.47 Å². The lowest BCUT2D eigenvalue weighted by molar-refractivity contribution is -0.113. The molecule has 0 saturated heterocycles. The lowest BCUT2D eigenvalue weighted by Crippen LogP contribution is -2.14. The molecule has 0 saturated carbocycles. The molecule has 0 aliphatic heterocycles. The number of nitrogens with one attached hydrogen (secondary N) is 2. The standard InChI is InChI=1S/C23H21FN6O4S2/c1-3-34-18-12-30(16-8-4-14(24)5-9-16)29-20(18)21(32)26-22-27-28-23(36-22)35-13-19(31)25-15-6-10-17(33-2)11-7-15/h4-12H,3,13H2,1-2H3,(H,25,31)(H,26,27,32). The number of hydrogen-bond acceptors (Lipinski definition) is 9. The van der Waals surface area contributed by atoms with Gasteiger partial charge in [-0.2, -0.15) is 5.10 Å². The molecule has 0 spiro atoms. The highest BCUT2D eigenvalue weighted by atomic mass is 32.2. The van der Waals surface area contributed by atoms with Crippen LogP contribution in [0.2, 0.25) is 0 Å². The van der Waals surface area contributed by atoms with Gasteiger partial charge in [-0.3, -0.25) is 14.9 Å². The number of amides is 2. The van der Waals surface area contributed by atoms with Crippen LogP contribution in [-0.4, -0.2) is 51.3 Å². The summed E-state index contributed by atoms with van der Waals surface area (Å²) in [4.78, 5) is 25.1. The van der Waals surface area contributed by atoms with E-state index in [1.807, 2.05) is 0 Å². The van der Waals surface area contributed by atoms with Gasteiger partial charge in [-0.15, -0.1) is 10.2 Å². The lowest BCUT2D eigenvalue weighted by Gasteiger charge is -2.05. The molecule has 0 aliphatic carbocycles. The van der Waals surface area contributed by atoms with Crippen LogP contribution in [0.4, 0.5) is 15.2 Å². The Morgan fingerprint density at radius 1 is 1.08 bits per heavy atom. The first kappa shape index (κ1) is 25.1. The van der Waals surface area contributed by atoms with E-state index in [-0.39, 0.29) is 34.1 Å². The fraction of sp³-hybridized carbons (Fsp3) is 0.174. The van der Waals surface area contributed by atoms with Gasteiger partial charge in [0.15, 0.2) is 15.8 Å². The molecule has 0 fully saturated rings. The van der Waals surface area contributed by atoms with Crippen LogP contribution < -0.4 is 20.1 Å². The van der Waals surface area contributed by atoms with Crippen LogP contribution in [0.25, 0.3) is 5.69 Å². The van der Waals surface area contributed by atoms with Crippen molar-refractivity contribution in [1.29, 1.82) is 0 Å². The van der Waals surface area contributed by atoms with Gasteiger partial charge in [0.05, 0.1) is 31.4 Å². The fourth-order valence-corrected chi connectivity index (χ4v) is 4.52. The number of anilines is 2. The Bertz CT molecular complexity index is 1340. The minimum atomic E-state index is -0.538. The van der Waals surface area contributed by atoms with E-state index in [0.717, 1.165) is 11.3 Å². The summed E-state index contributed by atoms with van der Waals surface area (Å²) in [6.07, 6.45) is 1.55. The number of carbonyl (C=O) groups excluding carboxylic acids is 2. The molecule has 0 aliphatic rings. The predicted molar refractivity (Wildman–Crippen MR) is 135 cm³/mol. The van der Waals surface area contributed by atoms with Crippen molar-refractivity contribution >= 4 is 45.7 Å². The quantitative estimate of drug-likeness (QED) is 0.232. The van der Waals surface area contributed by atoms with Crippen LogP contribution in [0.1, 0.15) is 17.4 Å². The Kier molecular flexibility index (Phi) is 8.13. The van der Waals surface area contributed by atoms with E-state index in [1.165, 1.54) is 28.6 Å². The predicted octanol–water partition coefficient (Wildman–Crippen LogP) is 4.25. The molecule has 2 aromatic heterocycles. The van der Waals surface area contributed by atoms with Gasteiger partial charge in [-0.1, -0.05) is 23.1 Å². The Hall–Kier alpha value is -3.97. The van der Waals surface area contributed by atoms with Crippen molar-refractivity contribution in [2.45, 2.75) is 11.3 Å². The molecule has 0 radical (unpaired) electrons. The molecule has 10 nitrogen and oxygen atoms in total. The fourth-order valence-electron chi connectivity index (χ4n) is 2.98. The second-order valence-corrected chi connectivity index (χ2v) is 9.29. The van der Waals surface area contributed by atoms with Gasteiger partial charge in [0.25, 0.3) is 5.91 Å². The van der Waals surface area contributed by atoms with E-state index in [9.17, 15) is 14.0 Å². The molecule has 0 bridgehead atoms. The van der Waals surface area contributed by atoms with Gasteiger partial charge in [-0.25, -0.2) is 9.07 Å². The van der Waals surface area contributed by atoms with Crippen molar-refractivity contribution in [3.8, 4) is 17.2 Å². The number of nitrogens with zero attached hydrogens (tertiary/aromatic N) is 4. The monoisotopic (exact) mass is 528 g/mol. The van der Waals surface area contributed by atoms with Gasteiger partial charge in [0.2, 0.25) is 11.0 Å². The van der Waals surface area contributed by atoms with Crippen LogP contribution in [0.15, 0.2) is 59.1 Å². The minimum Gasteiger partial charge on any atom is -0.497 e. The zero-order chi connectivity index (χ0) is 25.5. The molecule has 186 valence electrons. The number of thioether (sulfide) groups is 1. The Balaban J connectivity index is 1.36. The molecule has 2 aromatic carbocycles. The van der Waals surface area contributed by atoms with Crippen molar-refractivity contribution in [2.75, 3.05) is 30.1 Å². The third kappa shape index (κ3) is 6.37. The third-order valence-corrected chi connectivity index (χ3v) is 6.59. The summed E-state index contributed by atoms with van der Waals surface area (Å²) in [6, 6.07) is 12.7. The maximum absolute atomic E-state index is 13.2. The maximum atomic E-state index is 13.2. The number of halogens is 1. The Morgan fingerprint density at radius 3 is 2.53 bits per heavy atom. The van der Waals surface area contributed by atoms with Crippen molar-refractivity contribution in [2.24, 2.45) is 0 Å². The molecule has 13 heteroatoms. The third-order valence-electron chi connectivity index (χ3n) is 4.61. The van der Waals surface area contributed by atoms with Gasteiger partial charge >= 0.3 is 0 Å². The van der Waals surface area contributed by atoms with Crippen molar-refractivity contribution in [3.63, 3.8) is 0 Å². The SMILES string of the molecule is CCOc1cn(-c2ccc(F)cc2)nc1C(=O)Nc1nnc(SCC(=O)Nc2ccc(OC)cc2)s1. The molecule has 0 unspecified atom stereocenters. The molecular weight excluding hydrogens is 507 g/mol. The number of benzene rings is 2. The van der Waals surface area contributed by atoms with Crippen LogP contribution in [0.5, 0.6) is 11.5 Å². The van der Waals surface area contributed by atoms with Crippen LogP contribution in [0, 0.1) is 5.82 Å². The summed E-state index contributed by atoms with van der Waals surface area (Å²) in [5.41, 5.74) is 1.26. The average Bonchev–Trinajstić information content (AvgIpc) is 3.51. The first-order valence-electron chi connectivity index (χ1n) is 10.6. The van der Waals surface area contributed by atoms with Crippen molar-refractivity contribution < 1.29 is 23.5 Å². The number of methoxy groups -OCH3 is 1. The minimum absolute atomic E-state index is 0.0458. The molecule has 2 amide bonds. The van der Waals surface area contributed by atoms with Gasteiger partial charge in [-0.05, 0) is 55.5 Å². The average molecular weight is 529 g/mol. The van der Waals surface area contributed by atoms with E-state index in [1.54, 1.807) is 56.6 Å². The van der Waals surface area contributed by atoms with Crippen LogP contribution >= 0.6 is 23.1 Å². The summed E-state index contributed by atoms with van der Waals surface area (Å²) in [5.74, 6) is -0.0412. The second-order valence-electron chi connectivity index (χ2n) is 7.09. The first-order valence-corrected chi connectivity index (χ1v) is 12.5. The first-order chi connectivity index (χ1) is 17.4. The number of aromatic nitrogens is 4. The second kappa shape index (κ2) is 11.6. The normalized spacial score (nSPS) is 10.6. The Labute approximate surface area is 213 Å². The van der Waals surface area contributed by atoms with Gasteiger partial charge < -0.3 is 14.8 Å². The molecule has 36 heavy (non-hydrogen) atoms. The largest absolute Gasteiger partial charge is 0.497 e. The van der Waals surface area contributed by atoms with E-state index in [0.29, 0.717) is 28.1 Å². The zero-order valence-corrected chi connectivity index (χ0v) is 20.9. The number of rotatable bonds is 10. The summed E-state index contributed by atoms with van der Waals surface area (Å²) in [7, 11) is 1.57. The highest BCUT2D eigenvalue weighted by molar-refractivity contribution is 8.01. The van der Waals surface area contributed by atoms with Gasteiger partial charge in [0, 0.05) is 5.69 Å². The number of hydrogen-bond donors (Lipinski definition) is 2. The van der Waals surface area contributed by atoms with Crippen molar-refractivity contribution in [1.82, 2.24) is 20.0 Å². The smallest absolute Gasteiger partial charge is 0.281 e. The highest BCUT2D eigenvalue weighted by Crippen LogP contribution is 2.27. The topological polar surface area (TPSA) is 120 Å². The summed E-state index contributed by atoms with van der Waals surface area (Å²) >= 11 is 2.32. The highest BCUT2D eigenvalue weighted by Gasteiger charge is 2.21. The summed E-state index contributed by atoms with van der Waals surface area (Å²) < 4.78 is 25.8. The van der Waals surface area contributed by atoms with Crippen molar-refractivity contribution in [3.05, 3.63) is 66.2 Å². The molecular formula is C23H21FN6O4S2. The summed E-state index contributed by atoms with van der Waals surface area (Å²) in [6.45, 7) is 2.11. The number of carbonyl (C=O) groups is 2. The van der Waals surface area contributed by atoms with E-state index < -0.39 is 5.91 Å². The van der Waals surface area contributed by atoms with Crippen LogP contribution in [-0.2, 0) is 4.79 Å². The molecule has 0 atom stereocenters. The lowest BCUT2D eigenvalue weighted by atomic mass is 10.3. The number of ether oxygens (including phenoxy) is 2. The molecule has 4 rings (SSSR count).